The Kier molecular flexibility index (Phi) is 3.08. The number of hydrogen-bond acceptors (Lipinski definition) is 2. The van der Waals surface area contributed by atoms with Gasteiger partial charge in [-0.2, -0.15) is 0 Å². The van der Waals surface area contributed by atoms with Gasteiger partial charge in [0.05, 0.1) is 0 Å². The Hall–Kier alpha value is -0.580. The van der Waals surface area contributed by atoms with Crippen LogP contribution in [0, 0.1) is 10.5 Å². The first-order chi connectivity index (χ1) is 5.69. The molecule has 1 N–H and O–H groups in total. The number of carbonyl (C=O) groups is 1. The van der Waals surface area contributed by atoms with Crippen molar-refractivity contribution >= 4 is 34.6 Å². The standard InChI is InChI=1S/C9H10INO/c1-6-7(5-12)3-8(10)4-9(6)11-2/h3-5,11H,1-2H3. The van der Waals surface area contributed by atoms with Gasteiger partial charge in [0.2, 0.25) is 0 Å². The minimum Gasteiger partial charge on any atom is -0.388 e. The second-order valence-electron chi connectivity index (χ2n) is 2.54. The van der Waals surface area contributed by atoms with E-state index in [-0.39, 0.29) is 0 Å². The van der Waals surface area contributed by atoms with E-state index in [2.05, 4.69) is 27.9 Å². The first kappa shape index (κ1) is 9.51. The summed E-state index contributed by atoms with van der Waals surface area (Å²) in [6.45, 7) is 1.94. The average Bonchev–Trinajstić information content (AvgIpc) is 2.08. The molecule has 0 aromatic heterocycles. The molecule has 0 radical (unpaired) electrons. The summed E-state index contributed by atoms with van der Waals surface area (Å²) >= 11 is 2.20. The van der Waals surface area contributed by atoms with Crippen LogP contribution in [-0.2, 0) is 0 Å². The number of carbonyl (C=O) groups excluding carboxylic acids is 1. The molecule has 0 unspecified atom stereocenters. The lowest BCUT2D eigenvalue weighted by Gasteiger charge is -2.07. The van der Waals surface area contributed by atoms with Crippen LogP contribution in [0.2, 0.25) is 0 Å². The van der Waals surface area contributed by atoms with Crippen LogP contribution in [0.25, 0.3) is 0 Å². The topological polar surface area (TPSA) is 29.1 Å². The first-order valence-electron chi connectivity index (χ1n) is 3.62. The maximum atomic E-state index is 10.6. The zero-order valence-corrected chi connectivity index (χ0v) is 9.18. The highest BCUT2D eigenvalue weighted by Gasteiger charge is 2.03. The molecule has 1 aromatic carbocycles. The lowest BCUT2D eigenvalue weighted by molar-refractivity contribution is 0.112. The van der Waals surface area contributed by atoms with Crippen LogP contribution in [-0.4, -0.2) is 13.3 Å². The molecule has 0 saturated heterocycles. The Morgan fingerprint density at radius 2 is 2.17 bits per heavy atom. The molecule has 0 amide bonds. The van der Waals surface area contributed by atoms with E-state index in [1.165, 1.54) is 0 Å². The van der Waals surface area contributed by atoms with Crippen molar-refractivity contribution in [1.82, 2.24) is 0 Å². The van der Waals surface area contributed by atoms with Crippen LogP contribution in [0.1, 0.15) is 15.9 Å². The first-order valence-corrected chi connectivity index (χ1v) is 4.70. The van der Waals surface area contributed by atoms with Crippen LogP contribution < -0.4 is 5.32 Å². The largest absolute Gasteiger partial charge is 0.388 e. The van der Waals surface area contributed by atoms with Gasteiger partial charge in [-0.15, -0.1) is 0 Å². The number of anilines is 1. The number of hydrogen-bond donors (Lipinski definition) is 1. The van der Waals surface area contributed by atoms with E-state index in [4.69, 9.17) is 0 Å². The Morgan fingerprint density at radius 3 is 2.67 bits per heavy atom. The van der Waals surface area contributed by atoms with Crippen molar-refractivity contribution in [3.63, 3.8) is 0 Å². The summed E-state index contributed by atoms with van der Waals surface area (Å²) in [6.07, 6.45) is 0.887. The highest BCUT2D eigenvalue weighted by Crippen LogP contribution is 2.21. The minimum absolute atomic E-state index is 0.756. The number of aldehydes is 1. The van der Waals surface area contributed by atoms with E-state index in [9.17, 15) is 4.79 Å². The number of rotatable bonds is 2. The van der Waals surface area contributed by atoms with Crippen LogP contribution in [0.3, 0.4) is 0 Å². The Morgan fingerprint density at radius 1 is 1.50 bits per heavy atom. The average molecular weight is 275 g/mol. The summed E-state index contributed by atoms with van der Waals surface area (Å²) in [4.78, 5) is 10.6. The van der Waals surface area contributed by atoms with Crippen molar-refractivity contribution in [2.75, 3.05) is 12.4 Å². The molecular formula is C9H10INO. The third kappa shape index (κ3) is 1.77. The third-order valence-corrected chi connectivity index (χ3v) is 2.43. The zero-order valence-electron chi connectivity index (χ0n) is 7.02. The molecule has 0 spiro atoms. The molecule has 0 fully saturated rings. The highest BCUT2D eigenvalue weighted by molar-refractivity contribution is 14.1. The van der Waals surface area contributed by atoms with E-state index >= 15 is 0 Å². The van der Waals surface area contributed by atoms with E-state index < -0.39 is 0 Å². The van der Waals surface area contributed by atoms with Crippen LogP contribution >= 0.6 is 22.6 Å². The van der Waals surface area contributed by atoms with Crippen molar-refractivity contribution in [2.45, 2.75) is 6.92 Å². The summed E-state index contributed by atoms with van der Waals surface area (Å²) in [7, 11) is 1.85. The van der Waals surface area contributed by atoms with Crippen molar-refractivity contribution in [1.29, 1.82) is 0 Å². The molecule has 64 valence electrons. The molecule has 2 nitrogen and oxygen atoms in total. The van der Waals surface area contributed by atoms with Crippen LogP contribution in [0.15, 0.2) is 12.1 Å². The fraction of sp³-hybridized carbons (Fsp3) is 0.222. The van der Waals surface area contributed by atoms with Crippen LogP contribution in [0.5, 0.6) is 0 Å². The predicted molar refractivity (Wildman–Crippen MR) is 58.8 cm³/mol. The second kappa shape index (κ2) is 3.89. The Balaban J connectivity index is 3.31. The SMILES string of the molecule is CNc1cc(I)cc(C=O)c1C. The summed E-state index contributed by atoms with van der Waals surface area (Å²) in [5, 5.41) is 3.05. The lowest BCUT2D eigenvalue weighted by Crippen LogP contribution is -1.96. The van der Waals surface area contributed by atoms with Gasteiger partial charge in [0.1, 0.15) is 6.29 Å². The molecule has 0 aliphatic heterocycles. The van der Waals surface area contributed by atoms with E-state index in [1.807, 2.05) is 26.1 Å². The molecule has 0 bridgehead atoms. The van der Waals surface area contributed by atoms with Gasteiger partial charge >= 0.3 is 0 Å². The molecule has 1 rings (SSSR count). The van der Waals surface area contributed by atoms with Gasteiger partial charge in [0.15, 0.2) is 0 Å². The third-order valence-electron chi connectivity index (χ3n) is 1.81. The Labute approximate surface area is 85.5 Å². The van der Waals surface area contributed by atoms with E-state index in [0.29, 0.717) is 0 Å². The molecule has 12 heavy (non-hydrogen) atoms. The smallest absolute Gasteiger partial charge is 0.150 e. The molecule has 0 aliphatic carbocycles. The monoisotopic (exact) mass is 275 g/mol. The molecule has 0 atom stereocenters. The molecule has 1 aromatic rings. The van der Waals surface area contributed by atoms with Gasteiger partial charge in [-0.3, -0.25) is 4.79 Å². The normalized spacial score (nSPS) is 9.58. The highest BCUT2D eigenvalue weighted by atomic mass is 127. The summed E-state index contributed by atoms with van der Waals surface area (Å²) in [5.41, 5.74) is 2.78. The Bertz CT molecular complexity index is 310. The van der Waals surface area contributed by atoms with E-state index in [0.717, 1.165) is 26.7 Å². The van der Waals surface area contributed by atoms with Gasteiger partial charge in [-0.25, -0.2) is 0 Å². The van der Waals surface area contributed by atoms with Crippen molar-refractivity contribution < 1.29 is 4.79 Å². The molecule has 0 saturated carbocycles. The van der Waals surface area contributed by atoms with Crippen molar-refractivity contribution in [3.8, 4) is 0 Å². The minimum atomic E-state index is 0.756. The molecule has 3 heteroatoms. The van der Waals surface area contributed by atoms with Gasteiger partial charge in [0.25, 0.3) is 0 Å². The fourth-order valence-electron chi connectivity index (χ4n) is 1.08. The lowest BCUT2D eigenvalue weighted by atomic mass is 10.1. The second-order valence-corrected chi connectivity index (χ2v) is 3.78. The summed E-state index contributed by atoms with van der Waals surface area (Å²) in [5.74, 6) is 0. The quantitative estimate of drug-likeness (QED) is 0.663. The number of nitrogens with one attached hydrogen (secondary N) is 1. The molecule has 0 heterocycles. The number of halogens is 1. The van der Waals surface area contributed by atoms with Crippen LogP contribution in [0.4, 0.5) is 5.69 Å². The maximum Gasteiger partial charge on any atom is 0.150 e. The van der Waals surface area contributed by atoms with Gasteiger partial charge in [-0.05, 0) is 47.2 Å². The van der Waals surface area contributed by atoms with Gasteiger partial charge in [-0.1, -0.05) is 0 Å². The summed E-state index contributed by atoms with van der Waals surface area (Å²) < 4.78 is 1.07. The molecular weight excluding hydrogens is 265 g/mol. The number of benzene rings is 1. The van der Waals surface area contributed by atoms with E-state index in [1.54, 1.807) is 0 Å². The maximum absolute atomic E-state index is 10.6. The summed E-state index contributed by atoms with van der Waals surface area (Å²) in [6, 6.07) is 3.90. The fourth-order valence-corrected chi connectivity index (χ4v) is 1.73. The van der Waals surface area contributed by atoms with Gasteiger partial charge in [0, 0.05) is 21.9 Å². The van der Waals surface area contributed by atoms with Crippen molar-refractivity contribution in [3.05, 3.63) is 26.8 Å². The predicted octanol–water partition coefficient (Wildman–Crippen LogP) is 2.45. The van der Waals surface area contributed by atoms with Gasteiger partial charge < -0.3 is 5.32 Å². The molecule has 0 aliphatic rings. The zero-order chi connectivity index (χ0) is 9.14. The van der Waals surface area contributed by atoms with Crippen molar-refractivity contribution in [2.24, 2.45) is 0 Å².